The maximum Gasteiger partial charge on any atom is 0.290 e. The molecule has 2 aromatic rings. The van der Waals surface area contributed by atoms with E-state index in [0.717, 1.165) is 0 Å². The molecule has 0 aliphatic rings. The quantitative estimate of drug-likeness (QED) is 0.638. The summed E-state index contributed by atoms with van der Waals surface area (Å²) in [4.78, 5) is 9.55. The lowest BCUT2D eigenvalue weighted by Crippen LogP contribution is -2.16. The van der Waals surface area contributed by atoms with Gasteiger partial charge in [0.05, 0.1) is 6.04 Å². The van der Waals surface area contributed by atoms with E-state index in [1.807, 2.05) is 19.1 Å². The second-order valence-corrected chi connectivity index (χ2v) is 4.66. The summed E-state index contributed by atoms with van der Waals surface area (Å²) in [5, 5.41) is 18.7. The van der Waals surface area contributed by atoms with Gasteiger partial charge in [-0.2, -0.15) is 5.06 Å². The van der Waals surface area contributed by atoms with Gasteiger partial charge in [0.2, 0.25) is 0 Å². The first-order valence-electron chi connectivity index (χ1n) is 5.08. The average Bonchev–Trinajstić information content (AvgIpc) is 2.72. The normalized spacial score (nSPS) is 12.0. The fraction of sp³-hybridized carbons (Fsp3) is 0.250. The summed E-state index contributed by atoms with van der Waals surface area (Å²) in [6.45, 7) is 1.74. The number of hydrogen-bond donors (Lipinski definition) is 2. The van der Waals surface area contributed by atoms with Crippen LogP contribution in [0.5, 0.6) is 0 Å². The minimum atomic E-state index is -0.250. The standard InChI is InChI=1S/C11H13NOS.CH2O2/c1-8(12(2)13)11-7-9-5-3-4-6-10(9)14-11;2-1-3/h3-8,13H,1-2H3;1H,(H,2,3). The molecule has 2 N–H and O–H groups in total. The van der Waals surface area contributed by atoms with Crippen molar-refractivity contribution >= 4 is 27.9 Å². The highest BCUT2D eigenvalue weighted by Gasteiger charge is 2.12. The zero-order chi connectivity index (χ0) is 12.8. The van der Waals surface area contributed by atoms with Gasteiger partial charge in [0.25, 0.3) is 6.47 Å². The summed E-state index contributed by atoms with van der Waals surface area (Å²) in [7, 11) is 1.68. The minimum absolute atomic E-state index is 0.0624. The Kier molecular flexibility index (Phi) is 5.09. The van der Waals surface area contributed by atoms with Crippen molar-refractivity contribution in [3.63, 3.8) is 0 Å². The number of hydroxylamine groups is 2. The molecule has 4 nitrogen and oxygen atoms in total. The summed E-state index contributed by atoms with van der Waals surface area (Å²) in [5.41, 5.74) is 0. The Morgan fingerprint density at radius 3 is 2.53 bits per heavy atom. The van der Waals surface area contributed by atoms with E-state index in [4.69, 9.17) is 9.90 Å². The Hall–Kier alpha value is -1.43. The van der Waals surface area contributed by atoms with Crippen LogP contribution in [0.1, 0.15) is 17.8 Å². The van der Waals surface area contributed by atoms with Crippen LogP contribution in [-0.4, -0.2) is 28.9 Å². The van der Waals surface area contributed by atoms with Gasteiger partial charge in [-0.1, -0.05) is 18.2 Å². The van der Waals surface area contributed by atoms with Crippen molar-refractivity contribution in [3.8, 4) is 0 Å². The largest absolute Gasteiger partial charge is 0.483 e. The van der Waals surface area contributed by atoms with E-state index in [2.05, 4.69) is 18.2 Å². The van der Waals surface area contributed by atoms with Gasteiger partial charge in [-0.15, -0.1) is 11.3 Å². The Labute approximate surface area is 104 Å². The third kappa shape index (κ3) is 3.52. The smallest absolute Gasteiger partial charge is 0.290 e. The molecule has 1 atom stereocenters. The predicted molar refractivity (Wildman–Crippen MR) is 68.5 cm³/mol. The lowest BCUT2D eigenvalue weighted by atomic mass is 10.2. The molecule has 0 fully saturated rings. The Balaban J connectivity index is 0.000000437. The second kappa shape index (κ2) is 6.34. The van der Waals surface area contributed by atoms with Crippen molar-refractivity contribution in [2.45, 2.75) is 13.0 Å². The zero-order valence-electron chi connectivity index (χ0n) is 9.70. The summed E-state index contributed by atoms with van der Waals surface area (Å²) in [6, 6.07) is 10.5. The van der Waals surface area contributed by atoms with E-state index in [0.29, 0.717) is 0 Å². The molecule has 92 valence electrons. The molecule has 5 heteroatoms. The van der Waals surface area contributed by atoms with Gasteiger partial charge >= 0.3 is 0 Å². The lowest BCUT2D eigenvalue weighted by Gasteiger charge is -2.15. The molecular weight excluding hydrogens is 238 g/mol. The summed E-state index contributed by atoms with van der Waals surface area (Å²) in [5.74, 6) is 0. The first kappa shape index (κ1) is 13.6. The molecule has 0 aliphatic heterocycles. The van der Waals surface area contributed by atoms with E-state index in [-0.39, 0.29) is 12.5 Å². The maximum atomic E-state index is 9.34. The van der Waals surface area contributed by atoms with Crippen LogP contribution in [0.4, 0.5) is 0 Å². The molecule has 0 bridgehead atoms. The summed E-state index contributed by atoms with van der Waals surface area (Å²) < 4.78 is 1.27. The number of benzene rings is 1. The van der Waals surface area contributed by atoms with Crippen LogP contribution in [0.2, 0.25) is 0 Å². The number of hydrogen-bond acceptors (Lipinski definition) is 4. The van der Waals surface area contributed by atoms with Gasteiger partial charge in [-0.25, -0.2) is 0 Å². The fourth-order valence-corrected chi connectivity index (χ4v) is 2.55. The summed E-state index contributed by atoms with van der Waals surface area (Å²) in [6.07, 6.45) is 0. The van der Waals surface area contributed by atoms with Gasteiger partial charge in [0.1, 0.15) is 0 Å². The molecule has 1 aromatic carbocycles. The van der Waals surface area contributed by atoms with E-state index in [1.165, 1.54) is 20.0 Å². The van der Waals surface area contributed by atoms with Gasteiger partial charge in [0, 0.05) is 16.6 Å². The van der Waals surface area contributed by atoms with Crippen LogP contribution in [0, 0.1) is 0 Å². The molecule has 0 amide bonds. The number of carbonyl (C=O) groups is 1. The number of thiophene rings is 1. The van der Waals surface area contributed by atoms with Crippen LogP contribution < -0.4 is 0 Å². The van der Waals surface area contributed by atoms with Crippen molar-refractivity contribution in [2.24, 2.45) is 0 Å². The number of carboxylic acid groups (broad SMARTS) is 1. The van der Waals surface area contributed by atoms with Crippen molar-refractivity contribution in [2.75, 3.05) is 7.05 Å². The summed E-state index contributed by atoms with van der Waals surface area (Å²) >= 11 is 1.73. The van der Waals surface area contributed by atoms with Crippen LogP contribution in [0.25, 0.3) is 10.1 Å². The molecular formula is C12H15NO3S. The van der Waals surface area contributed by atoms with Crippen molar-refractivity contribution < 1.29 is 15.1 Å². The van der Waals surface area contributed by atoms with E-state index in [1.54, 1.807) is 18.4 Å². The van der Waals surface area contributed by atoms with Crippen molar-refractivity contribution in [3.05, 3.63) is 35.2 Å². The molecule has 0 saturated carbocycles. The monoisotopic (exact) mass is 253 g/mol. The van der Waals surface area contributed by atoms with Gasteiger partial charge < -0.3 is 10.3 Å². The molecule has 0 radical (unpaired) electrons. The van der Waals surface area contributed by atoms with E-state index in [9.17, 15) is 5.21 Å². The van der Waals surface area contributed by atoms with Crippen LogP contribution >= 0.6 is 11.3 Å². The SMILES string of the molecule is CC(c1cc2ccccc2s1)N(C)O.O=CO. The molecule has 0 spiro atoms. The van der Waals surface area contributed by atoms with Crippen LogP contribution in [0.15, 0.2) is 30.3 Å². The number of nitrogens with zero attached hydrogens (tertiary/aromatic N) is 1. The maximum absolute atomic E-state index is 9.34. The van der Waals surface area contributed by atoms with Gasteiger partial charge in [0.15, 0.2) is 0 Å². The predicted octanol–water partition coefficient (Wildman–Crippen LogP) is 2.98. The average molecular weight is 253 g/mol. The zero-order valence-corrected chi connectivity index (χ0v) is 10.5. The molecule has 2 rings (SSSR count). The Morgan fingerprint density at radius 2 is 2.00 bits per heavy atom. The number of rotatable bonds is 2. The second-order valence-electron chi connectivity index (χ2n) is 3.54. The van der Waals surface area contributed by atoms with Crippen molar-refractivity contribution in [1.82, 2.24) is 5.06 Å². The Bertz CT molecular complexity index is 448. The first-order chi connectivity index (χ1) is 8.10. The van der Waals surface area contributed by atoms with E-state index < -0.39 is 0 Å². The minimum Gasteiger partial charge on any atom is -0.483 e. The molecule has 1 aromatic heterocycles. The van der Waals surface area contributed by atoms with Crippen LogP contribution in [0.3, 0.4) is 0 Å². The van der Waals surface area contributed by atoms with E-state index >= 15 is 0 Å². The van der Waals surface area contributed by atoms with Gasteiger partial charge in [-0.3, -0.25) is 4.79 Å². The number of fused-ring (bicyclic) bond motifs is 1. The van der Waals surface area contributed by atoms with Crippen LogP contribution in [-0.2, 0) is 4.79 Å². The highest BCUT2D eigenvalue weighted by Crippen LogP contribution is 2.31. The lowest BCUT2D eigenvalue weighted by molar-refractivity contribution is -0.122. The Morgan fingerprint density at radius 1 is 1.41 bits per heavy atom. The highest BCUT2D eigenvalue weighted by atomic mass is 32.1. The topological polar surface area (TPSA) is 60.8 Å². The highest BCUT2D eigenvalue weighted by molar-refractivity contribution is 7.19. The third-order valence-electron chi connectivity index (χ3n) is 2.42. The fourth-order valence-electron chi connectivity index (χ4n) is 1.39. The molecule has 17 heavy (non-hydrogen) atoms. The third-order valence-corrected chi connectivity index (χ3v) is 3.70. The molecule has 0 aliphatic carbocycles. The van der Waals surface area contributed by atoms with Gasteiger partial charge in [-0.05, 0) is 24.4 Å². The first-order valence-corrected chi connectivity index (χ1v) is 5.89. The van der Waals surface area contributed by atoms with Crippen molar-refractivity contribution in [1.29, 1.82) is 0 Å². The molecule has 1 heterocycles. The molecule has 0 saturated heterocycles. The molecule has 1 unspecified atom stereocenters.